The van der Waals surface area contributed by atoms with Gasteiger partial charge in [0.25, 0.3) is 0 Å². The highest BCUT2D eigenvalue weighted by Crippen LogP contribution is 2.39. The Hall–Kier alpha value is -2.64. The number of hydrogen-bond acceptors (Lipinski definition) is 0. The Morgan fingerprint density at radius 2 is 0.673 bits per heavy atom. The van der Waals surface area contributed by atoms with Crippen LogP contribution in [0.25, 0.3) is 0 Å². The van der Waals surface area contributed by atoms with Gasteiger partial charge < -0.3 is 0 Å². The summed E-state index contributed by atoms with van der Waals surface area (Å²) < 4.78 is 0. The summed E-state index contributed by atoms with van der Waals surface area (Å²) in [5, 5.41) is 6.25. The maximum atomic E-state index is 2.67. The van der Waals surface area contributed by atoms with Crippen molar-refractivity contribution in [3.63, 3.8) is 0 Å². The lowest BCUT2D eigenvalue weighted by atomic mass is 9.80. The molecule has 284 valence electrons. The lowest BCUT2D eigenvalue weighted by Gasteiger charge is -2.41. The monoisotopic (exact) mass is 717 g/mol. The van der Waals surface area contributed by atoms with Crippen molar-refractivity contribution in [3.8, 4) is 0 Å². The van der Waals surface area contributed by atoms with E-state index in [4.69, 9.17) is 0 Å². The SMILES string of the molecule is CCCCC1=CCC=C1[Si](c1cc(C(C)(C)C)cc(C(C)(C)C)c1)(c1cc(C(C)(C)C)cc(C(C)(C)C)c1)c1cc(C(C)(C)C)cc(C(C)(C)C)c1. The summed E-state index contributed by atoms with van der Waals surface area (Å²) in [5.74, 6) is 0. The van der Waals surface area contributed by atoms with E-state index in [1.807, 2.05) is 0 Å². The van der Waals surface area contributed by atoms with Crippen LogP contribution in [-0.2, 0) is 32.5 Å². The molecule has 0 amide bonds. The first kappa shape index (κ1) is 42.1. The smallest absolute Gasteiger partial charge is 0.0801 e. The first-order valence-corrected chi connectivity index (χ1v) is 22.4. The van der Waals surface area contributed by atoms with E-state index in [-0.39, 0.29) is 32.5 Å². The quantitative estimate of drug-likeness (QED) is 0.169. The number of unbranched alkanes of at least 4 members (excludes halogenated alkanes) is 1. The van der Waals surface area contributed by atoms with Crippen molar-refractivity contribution in [3.05, 3.63) is 111 Å². The van der Waals surface area contributed by atoms with Crippen molar-refractivity contribution in [1.82, 2.24) is 0 Å². The molecule has 3 aromatic carbocycles. The zero-order valence-electron chi connectivity index (χ0n) is 37.2. The number of benzene rings is 3. The van der Waals surface area contributed by atoms with E-state index in [9.17, 15) is 0 Å². The Morgan fingerprint density at radius 3 is 0.904 bits per heavy atom. The lowest BCUT2D eigenvalue weighted by Crippen LogP contribution is -2.69. The van der Waals surface area contributed by atoms with Crippen LogP contribution in [0.4, 0.5) is 0 Å². The molecule has 0 aromatic heterocycles. The molecule has 0 heterocycles. The van der Waals surface area contributed by atoms with Crippen molar-refractivity contribution in [1.29, 1.82) is 0 Å². The van der Waals surface area contributed by atoms with Gasteiger partial charge in [0, 0.05) is 0 Å². The molecule has 0 spiro atoms. The third-order valence-electron chi connectivity index (χ3n) is 11.5. The largest absolute Gasteiger partial charge is 0.179 e. The van der Waals surface area contributed by atoms with Crippen LogP contribution in [0.15, 0.2) is 77.5 Å². The molecule has 0 bridgehead atoms. The fourth-order valence-electron chi connectivity index (χ4n) is 7.65. The van der Waals surface area contributed by atoms with Gasteiger partial charge in [0.2, 0.25) is 0 Å². The second-order valence-electron chi connectivity index (χ2n) is 22.3. The van der Waals surface area contributed by atoms with E-state index in [0.29, 0.717) is 0 Å². The summed E-state index contributed by atoms with van der Waals surface area (Å²) in [5.41, 5.74) is 10.3. The average molecular weight is 717 g/mol. The van der Waals surface area contributed by atoms with Crippen molar-refractivity contribution < 1.29 is 0 Å². The topological polar surface area (TPSA) is 0 Å². The number of hydrogen-bond donors (Lipinski definition) is 0. The molecule has 4 rings (SSSR count). The van der Waals surface area contributed by atoms with E-state index < -0.39 is 8.07 Å². The summed E-state index contributed by atoms with van der Waals surface area (Å²) in [6, 6.07) is 23.6. The first-order chi connectivity index (χ1) is 23.5. The van der Waals surface area contributed by atoms with Crippen LogP contribution in [0.1, 0.15) is 191 Å². The van der Waals surface area contributed by atoms with Crippen LogP contribution in [0.3, 0.4) is 0 Å². The zero-order chi connectivity index (χ0) is 39.5. The van der Waals surface area contributed by atoms with Crippen LogP contribution < -0.4 is 15.6 Å². The standard InChI is InChI=1S/C51H76Si/c1-20-21-23-35-24-22-25-45(35)52(42-29-36(46(2,3)4)26-37(30-42)47(5,6)7,43-31-38(48(8,9)10)27-39(32-43)49(11,12)13)44-33-40(50(14,15)16)28-41(34-44)51(17,18)19/h24-34H,20-23H2,1-19H3. The third kappa shape index (κ3) is 8.83. The van der Waals surface area contributed by atoms with Gasteiger partial charge in [-0.25, -0.2) is 0 Å². The Bertz CT molecular complexity index is 1540. The molecule has 0 radical (unpaired) electrons. The zero-order valence-corrected chi connectivity index (χ0v) is 38.2. The van der Waals surface area contributed by atoms with Gasteiger partial charge in [-0.2, -0.15) is 0 Å². The van der Waals surface area contributed by atoms with Crippen molar-refractivity contribution in [2.24, 2.45) is 0 Å². The molecule has 3 aromatic rings. The molecule has 0 nitrogen and oxygen atoms in total. The van der Waals surface area contributed by atoms with Crippen molar-refractivity contribution in [2.45, 2.75) is 190 Å². The molecule has 0 atom stereocenters. The van der Waals surface area contributed by atoms with Gasteiger partial charge >= 0.3 is 0 Å². The second-order valence-corrected chi connectivity index (χ2v) is 26.1. The Kier molecular flexibility index (Phi) is 11.5. The van der Waals surface area contributed by atoms with Gasteiger partial charge in [0.1, 0.15) is 0 Å². The summed E-state index contributed by atoms with van der Waals surface area (Å²) in [6.45, 7) is 45.6. The van der Waals surface area contributed by atoms with Crippen molar-refractivity contribution >= 4 is 23.6 Å². The van der Waals surface area contributed by atoms with Gasteiger partial charge in [-0.1, -0.05) is 210 Å². The molecule has 0 saturated carbocycles. The first-order valence-electron chi connectivity index (χ1n) is 20.4. The molecular weight excluding hydrogens is 641 g/mol. The predicted molar refractivity (Wildman–Crippen MR) is 236 cm³/mol. The van der Waals surface area contributed by atoms with E-state index >= 15 is 0 Å². The van der Waals surface area contributed by atoms with Crippen LogP contribution in [0, 0.1) is 0 Å². The molecule has 1 aliphatic rings. The molecule has 52 heavy (non-hydrogen) atoms. The van der Waals surface area contributed by atoms with Crippen LogP contribution in [0.5, 0.6) is 0 Å². The van der Waals surface area contributed by atoms with Gasteiger partial charge in [0.15, 0.2) is 8.07 Å². The number of allylic oxidation sites excluding steroid dienone is 4. The van der Waals surface area contributed by atoms with E-state index in [1.54, 1.807) is 10.8 Å². The molecule has 0 saturated heterocycles. The Labute approximate surface area is 323 Å². The van der Waals surface area contributed by atoms with Gasteiger partial charge in [-0.05, 0) is 106 Å². The highest BCUT2D eigenvalue weighted by Gasteiger charge is 2.47. The maximum Gasteiger partial charge on any atom is 0.179 e. The highest BCUT2D eigenvalue weighted by molar-refractivity contribution is 7.16. The maximum absolute atomic E-state index is 2.97. The molecule has 1 aliphatic carbocycles. The lowest BCUT2D eigenvalue weighted by molar-refractivity contribution is 0.569. The third-order valence-corrected chi connectivity index (χ3v) is 16.3. The summed E-state index contributed by atoms with van der Waals surface area (Å²) in [4.78, 5) is 0. The Balaban J connectivity index is 2.46. The fraction of sp³-hybridized carbons (Fsp3) is 0.569. The average Bonchev–Trinajstić information content (AvgIpc) is 3.46. The summed E-state index contributed by atoms with van der Waals surface area (Å²) >= 11 is 0. The molecule has 0 N–H and O–H groups in total. The van der Waals surface area contributed by atoms with Crippen molar-refractivity contribution in [2.75, 3.05) is 0 Å². The minimum Gasteiger partial charge on any atom is -0.0801 e. The molecule has 0 fully saturated rings. The normalized spacial score (nSPS) is 15.2. The van der Waals surface area contributed by atoms with Crippen LogP contribution >= 0.6 is 0 Å². The predicted octanol–water partition coefficient (Wildman–Crippen LogP) is 12.9. The van der Waals surface area contributed by atoms with Crippen LogP contribution in [-0.4, -0.2) is 8.07 Å². The minimum atomic E-state index is -2.97. The highest BCUT2D eigenvalue weighted by atomic mass is 28.3. The summed E-state index contributed by atoms with van der Waals surface area (Å²) in [6.07, 6.45) is 9.82. The van der Waals surface area contributed by atoms with E-state index in [1.165, 1.54) is 61.8 Å². The van der Waals surface area contributed by atoms with Crippen LogP contribution in [0.2, 0.25) is 0 Å². The van der Waals surface area contributed by atoms with E-state index in [0.717, 1.165) is 12.8 Å². The molecule has 1 heteroatoms. The molecule has 0 aliphatic heterocycles. The second kappa shape index (κ2) is 14.2. The van der Waals surface area contributed by atoms with Gasteiger partial charge in [-0.15, -0.1) is 0 Å². The van der Waals surface area contributed by atoms with Gasteiger partial charge in [0.05, 0.1) is 0 Å². The fourth-order valence-corrected chi connectivity index (χ4v) is 13.0. The molecular formula is C51H76Si. The minimum absolute atomic E-state index is 0.00867. The van der Waals surface area contributed by atoms with Gasteiger partial charge in [-0.3, -0.25) is 0 Å². The Morgan fingerprint density at radius 1 is 0.404 bits per heavy atom. The molecule has 0 unspecified atom stereocenters. The van der Waals surface area contributed by atoms with E-state index in [2.05, 4.69) is 198 Å². The summed E-state index contributed by atoms with van der Waals surface area (Å²) in [7, 11) is -2.97. The number of rotatable bonds is 7.